The number of aromatic amines is 1. The summed E-state index contributed by atoms with van der Waals surface area (Å²) in [5, 5.41) is 2.72. The van der Waals surface area contributed by atoms with Gasteiger partial charge >= 0.3 is 0 Å². The van der Waals surface area contributed by atoms with E-state index in [0.29, 0.717) is 26.4 Å². The van der Waals surface area contributed by atoms with Gasteiger partial charge in [-0.2, -0.15) is 0 Å². The molecule has 6 heteroatoms. The van der Waals surface area contributed by atoms with Gasteiger partial charge in [0.1, 0.15) is 5.82 Å². The molecule has 15 heavy (non-hydrogen) atoms. The Balaban J connectivity index is 1.76. The van der Waals surface area contributed by atoms with E-state index in [2.05, 4.69) is 15.3 Å². The highest BCUT2D eigenvalue weighted by atomic mass is 16.6. The molecule has 0 spiro atoms. The largest absolute Gasteiger partial charge is 0.376 e. The molecule has 1 amide bonds. The maximum absolute atomic E-state index is 11.5. The first-order chi connectivity index (χ1) is 7.36. The van der Waals surface area contributed by atoms with Crippen molar-refractivity contribution >= 4 is 5.91 Å². The number of rotatable bonds is 3. The third-order valence-electron chi connectivity index (χ3n) is 2.09. The van der Waals surface area contributed by atoms with Crippen LogP contribution < -0.4 is 5.32 Å². The Morgan fingerprint density at radius 1 is 1.67 bits per heavy atom. The van der Waals surface area contributed by atoms with Gasteiger partial charge in [-0.3, -0.25) is 4.79 Å². The molecular weight excluding hydrogens is 198 g/mol. The quantitative estimate of drug-likeness (QED) is 0.702. The Morgan fingerprint density at radius 3 is 3.27 bits per heavy atom. The topological polar surface area (TPSA) is 76.2 Å². The van der Waals surface area contributed by atoms with Crippen molar-refractivity contribution in [2.45, 2.75) is 12.6 Å². The van der Waals surface area contributed by atoms with E-state index in [1.165, 1.54) is 0 Å². The van der Waals surface area contributed by atoms with Crippen molar-refractivity contribution in [2.24, 2.45) is 0 Å². The van der Waals surface area contributed by atoms with Crippen LogP contribution in [-0.2, 0) is 20.8 Å². The fraction of sp³-hybridized carbons (Fsp3) is 0.556. The average Bonchev–Trinajstić information content (AvgIpc) is 2.80. The lowest BCUT2D eigenvalue weighted by molar-refractivity contribution is -0.147. The lowest BCUT2D eigenvalue weighted by Crippen LogP contribution is -2.42. The first-order valence-corrected chi connectivity index (χ1v) is 4.81. The number of hydrogen-bond acceptors (Lipinski definition) is 4. The molecule has 0 radical (unpaired) electrons. The molecule has 2 N–H and O–H groups in total. The van der Waals surface area contributed by atoms with Gasteiger partial charge in [0.2, 0.25) is 0 Å². The lowest BCUT2D eigenvalue weighted by atomic mass is 10.3. The standard InChI is InChI=1S/C9H13N3O3/c13-9(7-6-14-3-4-15-7)12-5-8-10-1-2-11-8/h1-2,7H,3-6H2,(H,10,11)(H,12,13). The molecule has 1 atom stereocenters. The second kappa shape index (κ2) is 4.90. The van der Waals surface area contributed by atoms with Crippen LogP contribution in [0.2, 0.25) is 0 Å². The Hall–Kier alpha value is -1.40. The van der Waals surface area contributed by atoms with E-state index in [1.54, 1.807) is 12.4 Å². The predicted molar refractivity (Wildman–Crippen MR) is 51.0 cm³/mol. The fourth-order valence-corrected chi connectivity index (χ4v) is 1.32. The normalized spacial score (nSPS) is 21.2. The first kappa shape index (κ1) is 10.1. The molecule has 1 fully saturated rings. The minimum absolute atomic E-state index is 0.161. The predicted octanol–water partition coefficient (Wildman–Crippen LogP) is -0.559. The molecular formula is C9H13N3O3. The van der Waals surface area contributed by atoms with Crippen LogP contribution in [0, 0.1) is 0 Å². The molecule has 1 unspecified atom stereocenters. The Bertz CT molecular complexity index is 306. The minimum Gasteiger partial charge on any atom is -0.376 e. The van der Waals surface area contributed by atoms with Gasteiger partial charge in [-0.1, -0.05) is 0 Å². The second-order valence-electron chi connectivity index (χ2n) is 3.19. The van der Waals surface area contributed by atoms with Crippen LogP contribution in [0.3, 0.4) is 0 Å². The van der Waals surface area contributed by atoms with Crippen LogP contribution in [-0.4, -0.2) is 41.8 Å². The summed E-state index contributed by atoms with van der Waals surface area (Å²) in [6.45, 7) is 1.73. The molecule has 0 bridgehead atoms. The van der Waals surface area contributed by atoms with E-state index >= 15 is 0 Å². The molecule has 2 heterocycles. The van der Waals surface area contributed by atoms with Crippen molar-refractivity contribution in [1.82, 2.24) is 15.3 Å². The number of hydrogen-bond donors (Lipinski definition) is 2. The zero-order chi connectivity index (χ0) is 10.5. The fourth-order valence-electron chi connectivity index (χ4n) is 1.32. The van der Waals surface area contributed by atoms with Gasteiger partial charge in [-0.05, 0) is 0 Å². The van der Waals surface area contributed by atoms with E-state index in [4.69, 9.17) is 9.47 Å². The van der Waals surface area contributed by atoms with Crippen molar-refractivity contribution in [2.75, 3.05) is 19.8 Å². The first-order valence-electron chi connectivity index (χ1n) is 4.81. The third-order valence-corrected chi connectivity index (χ3v) is 2.09. The van der Waals surface area contributed by atoms with Crippen LogP contribution in [0.25, 0.3) is 0 Å². The molecule has 6 nitrogen and oxygen atoms in total. The highest BCUT2D eigenvalue weighted by molar-refractivity contribution is 5.80. The van der Waals surface area contributed by atoms with Crippen LogP contribution in [0.15, 0.2) is 12.4 Å². The van der Waals surface area contributed by atoms with E-state index in [1.807, 2.05) is 0 Å². The maximum atomic E-state index is 11.5. The molecule has 0 aromatic carbocycles. The summed E-state index contributed by atoms with van der Waals surface area (Å²) in [5.41, 5.74) is 0. The summed E-state index contributed by atoms with van der Waals surface area (Å²) in [6, 6.07) is 0. The van der Waals surface area contributed by atoms with Crippen molar-refractivity contribution < 1.29 is 14.3 Å². The van der Waals surface area contributed by atoms with Crippen molar-refractivity contribution in [3.63, 3.8) is 0 Å². The van der Waals surface area contributed by atoms with Gasteiger partial charge in [0, 0.05) is 12.4 Å². The summed E-state index contributed by atoms with van der Waals surface area (Å²) < 4.78 is 10.4. The molecule has 1 aliphatic heterocycles. The van der Waals surface area contributed by atoms with Gasteiger partial charge in [-0.25, -0.2) is 4.98 Å². The second-order valence-corrected chi connectivity index (χ2v) is 3.19. The molecule has 0 aliphatic carbocycles. The van der Waals surface area contributed by atoms with Gasteiger partial charge in [0.25, 0.3) is 5.91 Å². The minimum atomic E-state index is -0.492. The monoisotopic (exact) mass is 211 g/mol. The van der Waals surface area contributed by atoms with Crippen LogP contribution in [0.5, 0.6) is 0 Å². The molecule has 1 aliphatic rings. The molecule has 82 valence electrons. The Morgan fingerprint density at radius 2 is 2.60 bits per heavy atom. The number of nitrogens with one attached hydrogen (secondary N) is 2. The number of H-pyrrole nitrogens is 1. The maximum Gasteiger partial charge on any atom is 0.251 e. The molecule has 0 saturated carbocycles. The summed E-state index contributed by atoms with van der Waals surface area (Å²) in [7, 11) is 0. The summed E-state index contributed by atoms with van der Waals surface area (Å²) in [5.74, 6) is 0.561. The number of nitrogens with zero attached hydrogens (tertiary/aromatic N) is 1. The van der Waals surface area contributed by atoms with Gasteiger partial charge in [0.15, 0.2) is 6.10 Å². The van der Waals surface area contributed by atoms with Gasteiger partial charge < -0.3 is 19.8 Å². The molecule has 2 rings (SSSR count). The van der Waals surface area contributed by atoms with E-state index in [9.17, 15) is 4.79 Å². The Labute approximate surface area is 87.0 Å². The average molecular weight is 211 g/mol. The molecule has 1 aromatic rings. The number of carbonyl (C=O) groups is 1. The highest BCUT2D eigenvalue weighted by Crippen LogP contribution is 2.00. The van der Waals surface area contributed by atoms with Gasteiger partial charge in [-0.15, -0.1) is 0 Å². The van der Waals surface area contributed by atoms with Crippen molar-refractivity contribution in [3.8, 4) is 0 Å². The van der Waals surface area contributed by atoms with E-state index < -0.39 is 6.10 Å². The molecule has 1 aromatic heterocycles. The summed E-state index contributed by atoms with van der Waals surface area (Å²) in [4.78, 5) is 18.4. The molecule has 1 saturated heterocycles. The zero-order valence-electron chi connectivity index (χ0n) is 8.23. The van der Waals surface area contributed by atoms with E-state index in [-0.39, 0.29) is 5.91 Å². The SMILES string of the molecule is O=C(NCc1ncc[nH]1)C1COCCO1. The number of ether oxygens (including phenoxy) is 2. The smallest absolute Gasteiger partial charge is 0.251 e. The van der Waals surface area contributed by atoms with Crippen molar-refractivity contribution in [3.05, 3.63) is 18.2 Å². The number of carbonyl (C=O) groups excluding carboxylic acids is 1. The Kier molecular flexibility index (Phi) is 3.31. The van der Waals surface area contributed by atoms with Crippen LogP contribution >= 0.6 is 0 Å². The third kappa shape index (κ3) is 2.77. The summed E-state index contributed by atoms with van der Waals surface area (Å²) >= 11 is 0. The van der Waals surface area contributed by atoms with Crippen LogP contribution in [0.1, 0.15) is 5.82 Å². The number of amides is 1. The van der Waals surface area contributed by atoms with Crippen molar-refractivity contribution in [1.29, 1.82) is 0 Å². The van der Waals surface area contributed by atoms with Gasteiger partial charge in [0.05, 0.1) is 26.4 Å². The van der Waals surface area contributed by atoms with Crippen LogP contribution in [0.4, 0.5) is 0 Å². The number of imidazole rings is 1. The van der Waals surface area contributed by atoms with E-state index in [0.717, 1.165) is 5.82 Å². The number of aromatic nitrogens is 2. The lowest BCUT2D eigenvalue weighted by Gasteiger charge is -2.21. The highest BCUT2D eigenvalue weighted by Gasteiger charge is 2.22. The summed E-state index contributed by atoms with van der Waals surface area (Å²) in [6.07, 6.45) is 2.86. The zero-order valence-corrected chi connectivity index (χ0v) is 8.23.